The van der Waals surface area contributed by atoms with Crippen LogP contribution in [0.2, 0.25) is 0 Å². The second-order valence-electron chi connectivity index (χ2n) is 5.08. The lowest BCUT2D eigenvalue weighted by Crippen LogP contribution is -2.50. The Bertz CT molecular complexity index is 250. The Morgan fingerprint density at radius 3 is 2.73 bits per heavy atom. The molecule has 0 aromatic rings. The van der Waals surface area contributed by atoms with Crippen LogP contribution in [0, 0.1) is 11.3 Å². The first-order valence-corrected chi connectivity index (χ1v) is 5.58. The maximum atomic E-state index is 11.8. The number of rotatable bonds is 3. The molecule has 4 heteroatoms. The molecule has 1 N–H and O–H groups in total. The van der Waals surface area contributed by atoms with Gasteiger partial charge in [0, 0.05) is 18.6 Å². The number of hydrogen-bond acceptors (Lipinski definition) is 3. The van der Waals surface area contributed by atoms with E-state index in [4.69, 9.17) is 9.47 Å². The Balaban J connectivity index is 1.76. The minimum Gasteiger partial charge on any atom is -0.380 e. The maximum absolute atomic E-state index is 11.8. The summed E-state index contributed by atoms with van der Waals surface area (Å²) < 4.78 is 10.5. The van der Waals surface area contributed by atoms with Gasteiger partial charge in [-0.1, -0.05) is 13.8 Å². The minimum atomic E-state index is -0.241. The number of ether oxygens (including phenoxy) is 2. The molecule has 2 unspecified atom stereocenters. The van der Waals surface area contributed by atoms with Crippen molar-refractivity contribution >= 4 is 5.91 Å². The van der Waals surface area contributed by atoms with Crippen LogP contribution in [0.25, 0.3) is 0 Å². The summed E-state index contributed by atoms with van der Waals surface area (Å²) in [7, 11) is 0. The highest BCUT2D eigenvalue weighted by Crippen LogP contribution is 2.26. The van der Waals surface area contributed by atoms with Gasteiger partial charge in [0.05, 0.1) is 13.2 Å². The molecule has 0 saturated carbocycles. The molecule has 86 valence electrons. The zero-order chi connectivity index (χ0) is 10.9. The van der Waals surface area contributed by atoms with Gasteiger partial charge >= 0.3 is 0 Å². The van der Waals surface area contributed by atoms with Crippen molar-refractivity contribution in [1.29, 1.82) is 0 Å². The second kappa shape index (κ2) is 4.10. The van der Waals surface area contributed by atoms with Crippen molar-refractivity contribution in [2.75, 3.05) is 26.4 Å². The summed E-state index contributed by atoms with van der Waals surface area (Å²) >= 11 is 0. The summed E-state index contributed by atoms with van der Waals surface area (Å²) in [5, 5.41) is 2.95. The third-order valence-electron chi connectivity index (χ3n) is 3.24. The van der Waals surface area contributed by atoms with Crippen molar-refractivity contribution in [3.05, 3.63) is 0 Å². The van der Waals surface area contributed by atoms with Gasteiger partial charge in [-0.15, -0.1) is 0 Å². The van der Waals surface area contributed by atoms with Crippen LogP contribution in [-0.2, 0) is 14.3 Å². The van der Waals surface area contributed by atoms with Gasteiger partial charge < -0.3 is 14.8 Å². The van der Waals surface area contributed by atoms with E-state index in [1.807, 2.05) is 0 Å². The molecule has 2 aliphatic rings. The highest BCUT2D eigenvalue weighted by Gasteiger charge is 2.36. The third-order valence-corrected chi connectivity index (χ3v) is 3.24. The van der Waals surface area contributed by atoms with E-state index in [-0.39, 0.29) is 17.4 Å². The van der Waals surface area contributed by atoms with Gasteiger partial charge in [0.25, 0.3) is 0 Å². The molecule has 0 aliphatic carbocycles. The maximum Gasteiger partial charge on any atom is 0.249 e. The van der Waals surface area contributed by atoms with Gasteiger partial charge in [0.2, 0.25) is 5.91 Å². The van der Waals surface area contributed by atoms with Crippen molar-refractivity contribution in [1.82, 2.24) is 5.32 Å². The van der Waals surface area contributed by atoms with E-state index in [9.17, 15) is 4.79 Å². The topological polar surface area (TPSA) is 47.6 Å². The van der Waals surface area contributed by atoms with Gasteiger partial charge in [0.1, 0.15) is 6.10 Å². The van der Waals surface area contributed by atoms with Crippen LogP contribution in [-0.4, -0.2) is 38.4 Å². The fourth-order valence-corrected chi connectivity index (χ4v) is 1.98. The van der Waals surface area contributed by atoms with Crippen LogP contribution in [0.3, 0.4) is 0 Å². The third kappa shape index (κ3) is 2.32. The molecule has 2 rings (SSSR count). The number of nitrogens with one attached hydrogen (secondary N) is 1. The molecule has 0 radical (unpaired) electrons. The lowest BCUT2D eigenvalue weighted by Gasteiger charge is -2.38. The minimum absolute atomic E-state index is 0.0353. The second-order valence-corrected chi connectivity index (χ2v) is 5.08. The Kier molecular flexibility index (Phi) is 2.98. The number of carbonyl (C=O) groups is 1. The highest BCUT2D eigenvalue weighted by molar-refractivity contribution is 5.81. The first kappa shape index (κ1) is 10.9. The van der Waals surface area contributed by atoms with E-state index >= 15 is 0 Å². The monoisotopic (exact) mass is 213 g/mol. The normalized spacial score (nSPS) is 33.5. The number of amides is 1. The van der Waals surface area contributed by atoms with Gasteiger partial charge in [-0.3, -0.25) is 4.79 Å². The zero-order valence-corrected chi connectivity index (χ0v) is 9.41. The Labute approximate surface area is 90.3 Å². The average Bonchev–Trinajstić information content (AvgIpc) is 2.58. The summed E-state index contributed by atoms with van der Waals surface area (Å²) in [6, 6.07) is 0. The van der Waals surface area contributed by atoms with E-state index in [0.717, 1.165) is 19.6 Å². The summed E-state index contributed by atoms with van der Waals surface area (Å²) in [5.74, 6) is 0.378. The summed E-state index contributed by atoms with van der Waals surface area (Å²) in [5.41, 5.74) is 0.136. The lowest BCUT2D eigenvalue weighted by molar-refractivity contribution is -0.136. The quantitative estimate of drug-likeness (QED) is 0.745. The molecule has 15 heavy (non-hydrogen) atoms. The predicted molar refractivity (Wildman–Crippen MR) is 55.5 cm³/mol. The molecule has 0 aromatic heterocycles. The molecule has 2 saturated heterocycles. The van der Waals surface area contributed by atoms with Crippen LogP contribution in [0.4, 0.5) is 0 Å². The lowest BCUT2D eigenvalue weighted by atomic mass is 9.88. The van der Waals surface area contributed by atoms with Crippen LogP contribution >= 0.6 is 0 Å². The molecular formula is C11H19NO3. The van der Waals surface area contributed by atoms with E-state index in [2.05, 4.69) is 19.2 Å². The van der Waals surface area contributed by atoms with E-state index in [1.54, 1.807) is 0 Å². The summed E-state index contributed by atoms with van der Waals surface area (Å²) in [6.45, 7) is 7.07. The molecule has 2 heterocycles. The van der Waals surface area contributed by atoms with E-state index in [1.165, 1.54) is 0 Å². The fourth-order valence-electron chi connectivity index (χ4n) is 1.98. The van der Waals surface area contributed by atoms with Crippen LogP contribution in [0.5, 0.6) is 0 Å². The molecule has 2 atom stereocenters. The summed E-state index contributed by atoms with van der Waals surface area (Å²) in [6.07, 6.45) is 0.743. The van der Waals surface area contributed by atoms with Crippen molar-refractivity contribution in [2.45, 2.75) is 26.4 Å². The van der Waals surface area contributed by atoms with Crippen LogP contribution in [0.1, 0.15) is 20.3 Å². The van der Waals surface area contributed by atoms with Crippen molar-refractivity contribution in [2.24, 2.45) is 11.3 Å². The standard InChI is InChI=1S/C11H19NO3/c1-8-3-4-15-9(8)10(13)12-5-11(2)6-14-7-11/h8-9H,3-7H2,1-2H3,(H,12,13). The summed E-state index contributed by atoms with van der Waals surface area (Å²) in [4.78, 5) is 11.8. The molecule has 2 fully saturated rings. The Hall–Kier alpha value is -0.610. The molecule has 2 aliphatic heterocycles. The van der Waals surface area contributed by atoms with E-state index in [0.29, 0.717) is 19.1 Å². The zero-order valence-electron chi connectivity index (χ0n) is 9.41. The molecule has 0 spiro atoms. The molecular weight excluding hydrogens is 194 g/mol. The average molecular weight is 213 g/mol. The smallest absolute Gasteiger partial charge is 0.249 e. The van der Waals surface area contributed by atoms with Gasteiger partial charge in [-0.2, -0.15) is 0 Å². The van der Waals surface area contributed by atoms with Crippen molar-refractivity contribution in [3.8, 4) is 0 Å². The van der Waals surface area contributed by atoms with Gasteiger partial charge in [0.15, 0.2) is 0 Å². The molecule has 0 aromatic carbocycles. The molecule has 0 bridgehead atoms. The van der Waals surface area contributed by atoms with Crippen molar-refractivity contribution < 1.29 is 14.3 Å². The predicted octanol–water partition coefficient (Wildman–Crippen LogP) is 0.564. The SMILES string of the molecule is CC1CCOC1C(=O)NCC1(C)COC1. The number of carbonyl (C=O) groups excluding carboxylic acids is 1. The highest BCUT2D eigenvalue weighted by atomic mass is 16.5. The van der Waals surface area contributed by atoms with Crippen molar-refractivity contribution in [3.63, 3.8) is 0 Å². The Morgan fingerprint density at radius 2 is 2.27 bits per heavy atom. The largest absolute Gasteiger partial charge is 0.380 e. The van der Waals surface area contributed by atoms with Gasteiger partial charge in [-0.05, 0) is 12.3 Å². The fraction of sp³-hybridized carbons (Fsp3) is 0.909. The number of hydrogen-bond donors (Lipinski definition) is 1. The first-order valence-electron chi connectivity index (χ1n) is 5.58. The van der Waals surface area contributed by atoms with Crippen LogP contribution < -0.4 is 5.32 Å². The van der Waals surface area contributed by atoms with Crippen LogP contribution in [0.15, 0.2) is 0 Å². The molecule has 4 nitrogen and oxygen atoms in total. The Morgan fingerprint density at radius 1 is 1.53 bits per heavy atom. The van der Waals surface area contributed by atoms with Gasteiger partial charge in [-0.25, -0.2) is 0 Å². The van der Waals surface area contributed by atoms with E-state index < -0.39 is 0 Å². The molecule has 1 amide bonds. The first-order chi connectivity index (χ1) is 7.11.